The highest BCUT2D eigenvalue weighted by Crippen LogP contribution is 2.27. The first-order chi connectivity index (χ1) is 11.1. The molecule has 1 saturated heterocycles. The number of rotatable bonds is 4. The third kappa shape index (κ3) is 3.67. The van der Waals surface area contributed by atoms with Gasteiger partial charge in [0.2, 0.25) is 0 Å². The van der Waals surface area contributed by atoms with Crippen LogP contribution in [0.4, 0.5) is 11.4 Å². The first-order valence-electron chi connectivity index (χ1n) is 8.00. The molecule has 3 rings (SSSR count). The molecule has 5 heteroatoms. The van der Waals surface area contributed by atoms with Crippen molar-refractivity contribution in [2.24, 2.45) is 0 Å². The Hall–Kier alpha value is -2.01. The van der Waals surface area contributed by atoms with Gasteiger partial charge in [-0.3, -0.25) is 4.72 Å². The fourth-order valence-corrected chi connectivity index (χ4v) is 4.01. The zero-order chi connectivity index (χ0) is 16.3. The van der Waals surface area contributed by atoms with Crippen LogP contribution < -0.4 is 9.62 Å². The van der Waals surface area contributed by atoms with E-state index in [0.717, 1.165) is 24.3 Å². The Morgan fingerprint density at radius 1 is 0.957 bits per heavy atom. The molecule has 0 bridgehead atoms. The summed E-state index contributed by atoms with van der Waals surface area (Å²) in [7, 11) is -3.55. The van der Waals surface area contributed by atoms with Crippen molar-refractivity contribution in [2.45, 2.75) is 31.1 Å². The molecule has 0 saturated carbocycles. The summed E-state index contributed by atoms with van der Waals surface area (Å²) in [5.41, 5.74) is 2.66. The number of anilines is 2. The van der Waals surface area contributed by atoms with Crippen LogP contribution in [0.25, 0.3) is 0 Å². The summed E-state index contributed by atoms with van der Waals surface area (Å²) >= 11 is 0. The predicted octanol–water partition coefficient (Wildman–Crippen LogP) is 3.79. The molecule has 1 fully saturated rings. The van der Waals surface area contributed by atoms with E-state index in [4.69, 9.17) is 0 Å². The van der Waals surface area contributed by atoms with Crippen molar-refractivity contribution in [2.75, 3.05) is 22.7 Å². The van der Waals surface area contributed by atoms with Crippen molar-refractivity contribution in [3.8, 4) is 0 Å². The smallest absolute Gasteiger partial charge is 0.261 e. The topological polar surface area (TPSA) is 49.4 Å². The van der Waals surface area contributed by atoms with Crippen molar-refractivity contribution in [1.29, 1.82) is 0 Å². The van der Waals surface area contributed by atoms with Crippen LogP contribution in [0.1, 0.15) is 24.8 Å². The first kappa shape index (κ1) is 15.9. The van der Waals surface area contributed by atoms with Crippen LogP contribution in [0.5, 0.6) is 0 Å². The molecule has 4 nitrogen and oxygen atoms in total. The molecule has 0 unspecified atom stereocenters. The Morgan fingerprint density at radius 2 is 1.65 bits per heavy atom. The summed E-state index contributed by atoms with van der Waals surface area (Å²) in [5.74, 6) is 0. The Balaban J connectivity index is 1.87. The second-order valence-electron chi connectivity index (χ2n) is 5.97. The van der Waals surface area contributed by atoms with E-state index in [0.29, 0.717) is 5.69 Å². The molecule has 2 aromatic rings. The number of sulfonamides is 1. The number of benzene rings is 2. The van der Waals surface area contributed by atoms with Gasteiger partial charge >= 0.3 is 0 Å². The molecule has 0 atom stereocenters. The standard InChI is InChI=1S/C18H22N2O2S/c1-15-10-11-16(20-12-6-3-7-13-20)14-18(15)19-23(21,22)17-8-4-2-5-9-17/h2,4-5,8-11,14,19H,3,6-7,12-13H2,1H3. The molecule has 0 radical (unpaired) electrons. The van der Waals surface area contributed by atoms with Crippen molar-refractivity contribution in [3.63, 3.8) is 0 Å². The van der Waals surface area contributed by atoms with E-state index in [2.05, 4.69) is 15.7 Å². The lowest BCUT2D eigenvalue weighted by Gasteiger charge is -2.29. The second-order valence-corrected chi connectivity index (χ2v) is 7.65. The van der Waals surface area contributed by atoms with E-state index in [-0.39, 0.29) is 4.90 Å². The molecule has 1 N–H and O–H groups in total. The normalized spacial score (nSPS) is 15.4. The molecule has 0 aliphatic carbocycles. The van der Waals surface area contributed by atoms with Gasteiger partial charge < -0.3 is 4.90 Å². The summed E-state index contributed by atoms with van der Waals surface area (Å²) in [6.45, 7) is 3.99. The van der Waals surface area contributed by atoms with E-state index in [1.807, 2.05) is 19.1 Å². The largest absolute Gasteiger partial charge is 0.371 e. The molecule has 23 heavy (non-hydrogen) atoms. The number of piperidine rings is 1. The van der Waals surface area contributed by atoms with E-state index in [9.17, 15) is 8.42 Å². The van der Waals surface area contributed by atoms with E-state index >= 15 is 0 Å². The van der Waals surface area contributed by atoms with E-state index < -0.39 is 10.0 Å². The second kappa shape index (κ2) is 6.62. The maximum Gasteiger partial charge on any atom is 0.261 e. The molecule has 2 aromatic carbocycles. The lowest BCUT2D eigenvalue weighted by atomic mass is 10.1. The van der Waals surface area contributed by atoms with Gasteiger partial charge in [0.05, 0.1) is 10.6 Å². The molecule has 122 valence electrons. The molecular weight excluding hydrogens is 308 g/mol. The molecule has 0 spiro atoms. The van der Waals surface area contributed by atoms with E-state index in [1.165, 1.54) is 19.3 Å². The van der Waals surface area contributed by atoms with Gasteiger partial charge in [-0.25, -0.2) is 8.42 Å². The van der Waals surface area contributed by atoms with Gasteiger partial charge in [0.1, 0.15) is 0 Å². The fraction of sp³-hybridized carbons (Fsp3) is 0.333. The molecule has 0 amide bonds. The zero-order valence-electron chi connectivity index (χ0n) is 13.3. The van der Waals surface area contributed by atoms with Gasteiger partial charge in [0.25, 0.3) is 10.0 Å². The Labute approximate surface area is 138 Å². The summed E-state index contributed by atoms with van der Waals surface area (Å²) in [6.07, 6.45) is 3.66. The predicted molar refractivity (Wildman–Crippen MR) is 94.5 cm³/mol. The van der Waals surface area contributed by atoms with Gasteiger partial charge in [0.15, 0.2) is 0 Å². The van der Waals surface area contributed by atoms with Gasteiger partial charge in [-0.05, 0) is 56.0 Å². The average molecular weight is 330 g/mol. The third-order valence-electron chi connectivity index (χ3n) is 4.24. The highest BCUT2D eigenvalue weighted by atomic mass is 32.2. The average Bonchev–Trinajstić information content (AvgIpc) is 2.58. The van der Waals surface area contributed by atoms with Crippen LogP contribution in [0, 0.1) is 6.92 Å². The monoisotopic (exact) mass is 330 g/mol. The quantitative estimate of drug-likeness (QED) is 0.928. The highest BCUT2D eigenvalue weighted by molar-refractivity contribution is 7.92. The molecular formula is C18H22N2O2S. The van der Waals surface area contributed by atoms with Crippen molar-refractivity contribution in [1.82, 2.24) is 0 Å². The molecule has 0 aromatic heterocycles. The Kier molecular flexibility index (Phi) is 4.57. The van der Waals surface area contributed by atoms with Gasteiger partial charge in [-0.15, -0.1) is 0 Å². The minimum absolute atomic E-state index is 0.280. The zero-order valence-corrected chi connectivity index (χ0v) is 14.1. The third-order valence-corrected chi connectivity index (χ3v) is 5.62. The van der Waals surface area contributed by atoms with Crippen LogP contribution in [0.2, 0.25) is 0 Å². The maximum absolute atomic E-state index is 12.5. The summed E-state index contributed by atoms with van der Waals surface area (Å²) in [6, 6.07) is 14.5. The first-order valence-corrected chi connectivity index (χ1v) is 9.48. The maximum atomic E-state index is 12.5. The number of hydrogen-bond donors (Lipinski definition) is 1. The Morgan fingerprint density at radius 3 is 2.35 bits per heavy atom. The number of nitrogens with one attached hydrogen (secondary N) is 1. The number of nitrogens with zero attached hydrogens (tertiary/aromatic N) is 1. The van der Waals surface area contributed by atoms with Gasteiger partial charge in [0, 0.05) is 18.8 Å². The van der Waals surface area contributed by atoms with Crippen LogP contribution in [-0.2, 0) is 10.0 Å². The SMILES string of the molecule is Cc1ccc(N2CCCCC2)cc1NS(=O)(=O)c1ccccc1. The number of aryl methyl sites for hydroxylation is 1. The minimum Gasteiger partial charge on any atom is -0.371 e. The van der Waals surface area contributed by atoms with E-state index in [1.54, 1.807) is 30.3 Å². The van der Waals surface area contributed by atoms with Crippen LogP contribution >= 0.6 is 0 Å². The van der Waals surface area contributed by atoms with Crippen molar-refractivity contribution >= 4 is 21.4 Å². The summed E-state index contributed by atoms with van der Waals surface area (Å²) < 4.78 is 27.8. The molecule has 1 aliphatic rings. The fourth-order valence-electron chi connectivity index (χ4n) is 2.87. The van der Waals surface area contributed by atoms with Crippen LogP contribution in [-0.4, -0.2) is 21.5 Å². The molecule has 1 heterocycles. The molecule has 1 aliphatic heterocycles. The van der Waals surface area contributed by atoms with Crippen LogP contribution in [0.15, 0.2) is 53.4 Å². The summed E-state index contributed by atoms with van der Waals surface area (Å²) in [4.78, 5) is 2.60. The van der Waals surface area contributed by atoms with Crippen LogP contribution in [0.3, 0.4) is 0 Å². The lowest BCUT2D eigenvalue weighted by Crippen LogP contribution is -2.29. The van der Waals surface area contributed by atoms with Crippen molar-refractivity contribution in [3.05, 3.63) is 54.1 Å². The van der Waals surface area contributed by atoms with Crippen molar-refractivity contribution < 1.29 is 8.42 Å². The summed E-state index contributed by atoms with van der Waals surface area (Å²) in [5, 5.41) is 0. The van der Waals surface area contributed by atoms with Gasteiger partial charge in [-0.1, -0.05) is 24.3 Å². The lowest BCUT2D eigenvalue weighted by molar-refractivity contribution is 0.578. The minimum atomic E-state index is -3.55. The van der Waals surface area contributed by atoms with Gasteiger partial charge in [-0.2, -0.15) is 0 Å². The number of hydrogen-bond acceptors (Lipinski definition) is 3. The highest BCUT2D eigenvalue weighted by Gasteiger charge is 2.17. The Bertz CT molecular complexity index is 767.